The lowest BCUT2D eigenvalue weighted by atomic mass is 10.1. The number of benzene rings is 1. The van der Waals surface area contributed by atoms with Crippen molar-refractivity contribution in [1.29, 1.82) is 0 Å². The Labute approximate surface area is 118 Å². The number of rotatable bonds is 4. The van der Waals surface area contributed by atoms with Crippen LogP contribution in [0.5, 0.6) is 11.5 Å². The molecule has 1 aliphatic rings. The van der Waals surface area contributed by atoms with Gasteiger partial charge in [-0.1, -0.05) is 6.07 Å². The lowest BCUT2D eigenvalue weighted by Gasteiger charge is -2.06. The number of aromatic nitrogens is 2. The van der Waals surface area contributed by atoms with E-state index < -0.39 is 0 Å². The van der Waals surface area contributed by atoms with Gasteiger partial charge in [0.15, 0.2) is 11.5 Å². The van der Waals surface area contributed by atoms with E-state index in [1.165, 1.54) is 11.3 Å². The van der Waals surface area contributed by atoms with E-state index in [2.05, 4.69) is 12.0 Å². The molecule has 106 valence electrons. The summed E-state index contributed by atoms with van der Waals surface area (Å²) in [5, 5.41) is 4.61. The smallest absolute Gasteiger partial charge is 0.231 e. The molecule has 5 nitrogen and oxygen atoms in total. The zero-order chi connectivity index (χ0) is 14.1. The predicted molar refractivity (Wildman–Crippen MR) is 76.1 cm³/mol. The van der Waals surface area contributed by atoms with Crippen LogP contribution in [0.25, 0.3) is 0 Å². The molecule has 1 aliphatic heterocycles. The van der Waals surface area contributed by atoms with Gasteiger partial charge in [0.25, 0.3) is 0 Å². The van der Waals surface area contributed by atoms with Crippen LogP contribution in [-0.2, 0) is 13.0 Å². The molecule has 1 aromatic heterocycles. The quantitative estimate of drug-likeness (QED) is 0.922. The molecule has 3 rings (SSSR count). The lowest BCUT2D eigenvalue weighted by molar-refractivity contribution is 0.174. The number of fused-ring (bicyclic) bond motifs is 1. The molecule has 0 fully saturated rings. The van der Waals surface area contributed by atoms with Crippen molar-refractivity contribution in [2.45, 2.75) is 26.8 Å². The maximum atomic E-state index is 5.65. The van der Waals surface area contributed by atoms with Gasteiger partial charge < -0.3 is 15.2 Å². The fourth-order valence-corrected chi connectivity index (χ4v) is 2.61. The van der Waals surface area contributed by atoms with Crippen molar-refractivity contribution in [3.8, 4) is 11.5 Å². The molecule has 2 aromatic rings. The highest BCUT2D eigenvalue weighted by molar-refractivity contribution is 5.44. The number of hydrogen-bond donors (Lipinski definition) is 1. The zero-order valence-corrected chi connectivity index (χ0v) is 11.8. The molecule has 0 saturated carbocycles. The summed E-state index contributed by atoms with van der Waals surface area (Å²) in [5.74, 6) is 1.62. The Morgan fingerprint density at radius 1 is 1.25 bits per heavy atom. The molecular weight excluding hydrogens is 254 g/mol. The summed E-state index contributed by atoms with van der Waals surface area (Å²) < 4.78 is 12.8. The van der Waals surface area contributed by atoms with Gasteiger partial charge in [0.2, 0.25) is 6.79 Å². The van der Waals surface area contributed by atoms with E-state index in [1.807, 2.05) is 29.8 Å². The highest BCUT2D eigenvalue weighted by Crippen LogP contribution is 2.32. The van der Waals surface area contributed by atoms with Crippen LogP contribution in [0.2, 0.25) is 0 Å². The van der Waals surface area contributed by atoms with Gasteiger partial charge in [0.1, 0.15) is 0 Å². The normalized spacial score (nSPS) is 12.9. The van der Waals surface area contributed by atoms with Gasteiger partial charge in [-0.05, 0) is 50.1 Å². The topological polar surface area (TPSA) is 62.3 Å². The summed E-state index contributed by atoms with van der Waals surface area (Å²) in [6.45, 7) is 5.82. The minimum absolute atomic E-state index is 0.305. The summed E-state index contributed by atoms with van der Waals surface area (Å²) in [7, 11) is 0. The molecule has 0 aliphatic carbocycles. The second-order valence-electron chi connectivity index (χ2n) is 5.03. The molecule has 2 N–H and O–H groups in total. The Hall–Kier alpha value is -2.01. The van der Waals surface area contributed by atoms with Crippen LogP contribution in [0, 0.1) is 13.8 Å². The largest absolute Gasteiger partial charge is 0.454 e. The first-order valence-electron chi connectivity index (χ1n) is 6.80. The van der Waals surface area contributed by atoms with Gasteiger partial charge in [0.05, 0.1) is 12.2 Å². The first-order valence-corrected chi connectivity index (χ1v) is 6.80. The Morgan fingerprint density at radius 3 is 2.85 bits per heavy atom. The van der Waals surface area contributed by atoms with Gasteiger partial charge in [-0.15, -0.1) is 0 Å². The monoisotopic (exact) mass is 273 g/mol. The fraction of sp³-hybridized carbons (Fsp3) is 0.400. The number of nitrogens with zero attached hydrogens (tertiary/aromatic N) is 2. The van der Waals surface area contributed by atoms with Crippen molar-refractivity contribution in [2.75, 3.05) is 13.3 Å². The molecule has 0 radical (unpaired) electrons. The SMILES string of the molecule is Cc1nn(Cc2ccc3c(c2)OCO3)c(C)c1CCN. The number of aryl methyl sites for hydroxylation is 1. The Kier molecular flexibility index (Phi) is 3.36. The maximum absolute atomic E-state index is 5.65. The first kappa shape index (κ1) is 13.0. The van der Waals surface area contributed by atoms with E-state index in [-0.39, 0.29) is 0 Å². The Balaban J connectivity index is 1.86. The van der Waals surface area contributed by atoms with Crippen molar-refractivity contribution < 1.29 is 9.47 Å². The summed E-state index contributed by atoms with van der Waals surface area (Å²) in [6, 6.07) is 6.01. The summed E-state index contributed by atoms with van der Waals surface area (Å²) >= 11 is 0. The second kappa shape index (κ2) is 5.17. The van der Waals surface area contributed by atoms with Crippen LogP contribution in [-0.4, -0.2) is 23.1 Å². The Bertz CT molecular complexity index is 634. The second-order valence-corrected chi connectivity index (χ2v) is 5.03. The molecule has 0 bridgehead atoms. The van der Waals surface area contributed by atoms with Gasteiger partial charge >= 0.3 is 0 Å². The zero-order valence-electron chi connectivity index (χ0n) is 11.8. The minimum Gasteiger partial charge on any atom is -0.454 e. The van der Waals surface area contributed by atoms with E-state index in [0.717, 1.165) is 35.7 Å². The van der Waals surface area contributed by atoms with E-state index in [0.29, 0.717) is 13.3 Å². The van der Waals surface area contributed by atoms with E-state index in [1.54, 1.807) is 0 Å². The van der Waals surface area contributed by atoms with Crippen molar-refractivity contribution in [3.63, 3.8) is 0 Å². The fourth-order valence-electron chi connectivity index (χ4n) is 2.61. The minimum atomic E-state index is 0.305. The highest BCUT2D eigenvalue weighted by Gasteiger charge is 2.15. The molecule has 1 aromatic carbocycles. The standard InChI is InChI=1S/C15H19N3O2/c1-10-13(5-6-16)11(2)18(17-10)8-12-3-4-14-15(7-12)20-9-19-14/h3-4,7H,5-6,8-9,16H2,1-2H3. The Morgan fingerprint density at radius 2 is 2.05 bits per heavy atom. The third-order valence-electron chi connectivity index (χ3n) is 3.70. The van der Waals surface area contributed by atoms with Crippen LogP contribution >= 0.6 is 0 Å². The average molecular weight is 273 g/mol. The van der Waals surface area contributed by atoms with Crippen molar-refractivity contribution in [2.24, 2.45) is 5.73 Å². The molecule has 0 saturated heterocycles. The highest BCUT2D eigenvalue weighted by atomic mass is 16.7. The van der Waals surface area contributed by atoms with Gasteiger partial charge in [-0.25, -0.2) is 0 Å². The summed E-state index contributed by atoms with van der Waals surface area (Å²) in [4.78, 5) is 0. The van der Waals surface area contributed by atoms with Crippen LogP contribution < -0.4 is 15.2 Å². The van der Waals surface area contributed by atoms with Crippen molar-refractivity contribution in [3.05, 3.63) is 40.7 Å². The van der Waals surface area contributed by atoms with E-state index in [4.69, 9.17) is 15.2 Å². The molecule has 0 spiro atoms. The van der Waals surface area contributed by atoms with Crippen LogP contribution in [0.4, 0.5) is 0 Å². The molecule has 20 heavy (non-hydrogen) atoms. The lowest BCUT2D eigenvalue weighted by Crippen LogP contribution is -2.06. The van der Waals surface area contributed by atoms with Crippen LogP contribution in [0.15, 0.2) is 18.2 Å². The van der Waals surface area contributed by atoms with E-state index >= 15 is 0 Å². The van der Waals surface area contributed by atoms with Gasteiger partial charge in [-0.2, -0.15) is 5.10 Å². The number of nitrogens with two attached hydrogens (primary N) is 1. The average Bonchev–Trinajstić information content (AvgIpc) is 2.99. The third-order valence-corrected chi connectivity index (χ3v) is 3.70. The number of hydrogen-bond acceptors (Lipinski definition) is 4. The van der Waals surface area contributed by atoms with Crippen LogP contribution in [0.1, 0.15) is 22.5 Å². The molecule has 0 unspecified atom stereocenters. The van der Waals surface area contributed by atoms with E-state index in [9.17, 15) is 0 Å². The summed E-state index contributed by atoms with van der Waals surface area (Å²) in [6.07, 6.45) is 0.874. The molecule has 0 amide bonds. The van der Waals surface area contributed by atoms with Crippen molar-refractivity contribution >= 4 is 0 Å². The van der Waals surface area contributed by atoms with Crippen molar-refractivity contribution in [1.82, 2.24) is 9.78 Å². The summed E-state index contributed by atoms with van der Waals surface area (Å²) in [5.41, 5.74) is 10.3. The van der Waals surface area contributed by atoms with Gasteiger partial charge in [-0.3, -0.25) is 4.68 Å². The van der Waals surface area contributed by atoms with Crippen LogP contribution in [0.3, 0.4) is 0 Å². The molecule has 2 heterocycles. The van der Waals surface area contributed by atoms with Gasteiger partial charge in [0, 0.05) is 5.69 Å². The molecule has 5 heteroatoms. The molecular formula is C15H19N3O2. The molecule has 0 atom stereocenters. The third kappa shape index (κ3) is 2.25. The number of ether oxygens (including phenoxy) is 2. The predicted octanol–water partition coefficient (Wildman–Crippen LogP) is 1.78. The first-order chi connectivity index (χ1) is 9.69. The maximum Gasteiger partial charge on any atom is 0.231 e.